The number of benzene rings is 1. The summed E-state index contributed by atoms with van der Waals surface area (Å²) >= 11 is 1.31. The van der Waals surface area contributed by atoms with E-state index in [1.54, 1.807) is 6.26 Å². The van der Waals surface area contributed by atoms with E-state index < -0.39 is 11.8 Å². The molecule has 0 heterocycles. The number of hydrogen-bond acceptors (Lipinski definition) is 3. The predicted octanol–water partition coefficient (Wildman–Crippen LogP) is 1.83. The molecule has 0 atom stereocenters. The summed E-state index contributed by atoms with van der Waals surface area (Å²) in [6.07, 6.45) is 1.75. The summed E-state index contributed by atoms with van der Waals surface area (Å²) in [6.45, 7) is 0. The number of anilines is 1. The monoisotopic (exact) mass is 243 g/mol. The highest BCUT2D eigenvalue weighted by atomic mass is 32.2. The molecule has 0 saturated carbocycles. The van der Waals surface area contributed by atoms with E-state index in [0.717, 1.165) is 6.07 Å². The first-order valence-electron chi connectivity index (χ1n) is 4.36. The highest BCUT2D eigenvalue weighted by Gasteiger charge is 2.10. The zero-order valence-corrected chi connectivity index (χ0v) is 9.31. The average Bonchev–Trinajstić information content (AvgIpc) is 2.21. The van der Waals surface area contributed by atoms with Crippen LogP contribution in [0.5, 0.6) is 0 Å². The molecule has 0 spiro atoms. The van der Waals surface area contributed by atoms with Crippen LogP contribution < -0.4 is 5.32 Å². The van der Waals surface area contributed by atoms with Gasteiger partial charge in [-0.25, -0.2) is 9.18 Å². The van der Waals surface area contributed by atoms with E-state index in [1.165, 1.54) is 23.9 Å². The van der Waals surface area contributed by atoms with Gasteiger partial charge in [-0.1, -0.05) is 0 Å². The Balaban J connectivity index is 2.83. The first-order chi connectivity index (χ1) is 7.54. The second kappa shape index (κ2) is 5.50. The van der Waals surface area contributed by atoms with Gasteiger partial charge in [0.05, 0.1) is 17.0 Å². The summed E-state index contributed by atoms with van der Waals surface area (Å²) in [5, 5.41) is 11.0. The number of carbonyl (C=O) groups excluding carboxylic acids is 1. The quantitative estimate of drug-likeness (QED) is 0.846. The van der Waals surface area contributed by atoms with Gasteiger partial charge in [0.25, 0.3) is 0 Å². The standard InChI is InChI=1S/C10H10FNO3S/c1-16-5-9(13)12-8-3-2-6(10(14)15)4-7(8)11/h2-4H,5H2,1H3,(H,12,13)(H,14,15). The van der Waals surface area contributed by atoms with E-state index >= 15 is 0 Å². The summed E-state index contributed by atoms with van der Waals surface area (Å²) < 4.78 is 13.3. The van der Waals surface area contributed by atoms with Crippen LogP contribution in [0.25, 0.3) is 0 Å². The zero-order valence-electron chi connectivity index (χ0n) is 8.49. The molecular formula is C10H10FNO3S. The molecule has 0 aliphatic rings. The van der Waals surface area contributed by atoms with E-state index in [9.17, 15) is 14.0 Å². The van der Waals surface area contributed by atoms with Gasteiger partial charge in [-0.05, 0) is 24.5 Å². The van der Waals surface area contributed by atoms with Crippen molar-refractivity contribution in [2.45, 2.75) is 0 Å². The van der Waals surface area contributed by atoms with Crippen LogP contribution in [-0.4, -0.2) is 29.0 Å². The molecule has 1 aromatic rings. The molecule has 0 aromatic heterocycles. The predicted molar refractivity (Wildman–Crippen MR) is 60.4 cm³/mol. The SMILES string of the molecule is CSCC(=O)Nc1ccc(C(=O)O)cc1F. The average molecular weight is 243 g/mol. The number of aromatic carboxylic acids is 1. The Morgan fingerprint density at radius 1 is 1.50 bits per heavy atom. The first-order valence-corrected chi connectivity index (χ1v) is 5.75. The minimum Gasteiger partial charge on any atom is -0.478 e. The number of hydrogen-bond donors (Lipinski definition) is 2. The van der Waals surface area contributed by atoms with Crippen LogP contribution in [0, 0.1) is 5.82 Å². The maximum Gasteiger partial charge on any atom is 0.335 e. The second-order valence-electron chi connectivity index (χ2n) is 2.98. The van der Waals surface area contributed by atoms with Gasteiger partial charge in [0, 0.05) is 0 Å². The molecule has 4 nitrogen and oxygen atoms in total. The van der Waals surface area contributed by atoms with Crippen LogP contribution in [0.2, 0.25) is 0 Å². The molecule has 0 radical (unpaired) electrons. The molecule has 2 N–H and O–H groups in total. The summed E-state index contributed by atoms with van der Waals surface area (Å²) in [5.74, 6) is -2.06. The van der Waals surface area contributed by atoms with Crippen LogP contribution in [0.15, 0.2) is 18.2 Å². The van der Waals surface area contributed by atoms with Crippen molar-refractivity contribution in [3.63, 3.8) is 0 Å². The van der Waals surface area contributed by atoms with Crippen LogP contribution in [0.1, 0.15) is 10.4 Å². The molecule has 0 fully saturated rings. The van der Waals surface area contributed by atoms with Gasteiger partial charge >= 0.3 is 5.97 Å². The number of halogens is 1. The van der Waals surface area contributed by atoms with Crippen LogP contribution >= 0.6 is 11.8 Å². The van der Waals surface area contributed by atoms with Gasteiger partial charge in [-0.2, -0.15) is 11.8 Å². The van der Waals surface area contributed by atoms with E-state index in [-0.39, 0.29) is 22.9 Å². The van der Waals surface area contributed by atoms with Crippen LogP contribution in [0.3, 0.4) is 0 Å². The third-order valence-corrected chi connectivity index (χ3v) is 2.32. The normalized spacial score (nSPS) is 9.88. The fraction of sp³-hybridized carbons (Fsp3) is 0.200. The molecule has 0 aliphatic carbocycles. The molecule has 1 aromatic carbocycles. The van der Waals surface area contributed by atoms with E-state index in [1.807, 2.05) is 0 Å². The van der Waals surface area contributed by atoms with Crippen molar-refractivity contribution >= 4 is 29.3 Å². The highest BCUT2D eigenvalue weighted by Crippen LogP contribution is 2.16. The van der Waals surface area contributed by atoms with Crippen LogP contribution in [-0.2, 0) is 4.79 Å². The fourth-order valence-corrected chi connectivity index (χ4v) is 1.40. The number of nitrogens with one attached hydrogen (secondary N) is 1. The first kappa shape index (κ1) is 12.5. The third kappa shape index (κ3) is 3.23. The lowest BCUT2D eigenvalue weighted by Crippen LogP contribution is -2.15. The number of carboxylic acids is 1. The lowest BCUT2D eigenvalue weighted by Gasteiger charge is -2.05. The van der Waals surface area contributed by atoms with E-state index in [2.05, 4.69) is 5.32 Å². The van der Waals surface area contributed by atoms with Crippen molar-refractivity contribution in [2.24, 2.45) is 0 Å². The van der Waals surface area contributed by atoms with Gasteiger partial charge in [0.1, 0.15) is 5.82 Å². The Labute approximate surface area is 95.8 Å². The van der Waals surface area contributed by atoms with E-state index in [4.69, 9.17) is 5.11 Å². The molecule has 0 saturated heterocycles. The highest BCUT2D eigenvalue weighted by molar-refractivity contribution is 7.99. The number of amides is 1. The summed E-state index contributed by atoms with van der Waals surface area (Å²) in [6, 6.07) is 3.34. The largest absolute Gasteiger partial charge is 0.478 e. The minimum absolute atomic E-state index is 0.0101. The summed E-state index contributed by atoms with van der Waals surface area (Å²) in [5.41, 5.74) is -0.163. The fourth-order valence-electron chi connectivity index (χ4n) is 1.07. The maximum absolute atomic E-state index is 13.3. The topological polar surface area (TPSA) is 66.4 Å². The van der Waals surface area contributed by atoms with Gasteiger partial charge in [-0.3, -0.25) is 4.79 Å². The van der Waals surface area contributed by atoms with Gasteiger partial charge in [0.2, 0.25) is 5.91 Å². The zero-order chi connectivity index (χ0) is 12.1. The second-order valence-corrected chi connectivity index (χ2v) is 3.85. The van der Waals surface area contributed by atoms with E-state index in [0.29, 0.717) is 0 Å². The van der Waals surface area contributed by atoms with Crippen molar-refractivity contribution in [1.29, 1.82) is 0 Å². The molecule has 0 unspecified atom stereocenters. The minimum atomic E-state index is -1.21. The van der Waals surface area contributed by atoms with Crippen molar-refractivity contribution in [3.8, 4) is 0 Å². The molecule has 0 aliphatic heterocycles. The lowest BCUT2D eigenvalue weighted by molar-refractivity contribution is -0.113. The number of carbonyl (C=O) groups is 2. The number of thioether (sulfide) groups is 1. The van der Waals surface area contributed by atoms with Crippen molar-refractivity contribution in [3.05, 3.63) is 29.6 Å². The van der Waals surface area contributed by atoms with Crippen LogP contribution in [0.4, 0.5) is 10.1 Å². The molecule has 6 heteroatoms. The molecule has 1 rings (SSSR count). The maximum atomic E-state index is 13.3. The molecule has 16 heavy (non-hydrogen) atoms. The summed E-state index contributed by atoms with van der Waals surface area (Å²) in [4.78, 5) is 21.7. The summed E-state index contributed by atoms with van der Waals surface area (Å²) in [7, 11) is 0. The van der Waals surface area contributed by atoms with Gasteiger partial charge in [0.15, 0.2) is 0 Å². The number of rotatable bonds is 4. The van der Waals surface area contributed by atoms with Gasteiger partial charge in [-0.15, -0.1) is 0 Å². The Bertz CT molecular complexity index is 423. The molecule has 0 bridgehead atoms. The van der Waals surface area contributed by atoms with Crippen molar-refractivity contribution in [2.75, 3.05) is 17.3 Å². The number of carboxylic acid groups (broad SMARTS) is 1. The molecule has 86 valence electrons. The molecule has 1 amide bonds. The Morgan fingerprint density at radius 2 is 2.19 bits per heavy atom. The Morgan fingerprint density at radius 3 is 2.69 bits per heavy atom. The van der Waals surface area contributed by atoms with Gasteiger partial charge < -0.3 is 10.4 Å². The Hall–Kier alpha value is -1.56. The molecular weight excluding hydrogens is 233 g/mol. The lowest BCUT2D eigenvalue weighted by atomic mass is 10.2. The third-order valence-electron chi connectivity index (χ3n) is 1.77. The van der Waals surface area contributed by atoms with Crippen molar-refractivity contribution in [1.82, 2.24) is 0 Å². The Kier molecular flexibility index (Phi) is 4.30. The van der Waals surface area contributed by atoms with Crippen molar-refractivity contribution < 1.29 is 19.1 Å². The smallest absolute Gasteiger partial charge is 0.335 e.